The fraction of sp³-hybridized carbons (Fsp3) is 0.353. The molecule has 1 aromatic rings. The number of carboxylic acid groups (broad SMARTS) is 1. The molecule has 0 aliphatic carbocycles. The second-order valence-electron chi connectivity index (χ2n) is 5.64. The Balaban J connectivity index is 2.97. The lowest BCUT2D eigenvalue weighted by molar-refractivity contribution is -0.141. The zero-order chi connectivity index (χ0) is 17.4. The zero-order valence-corrected chi connectivity index (χ0v) is 13.5. The number of carbonyl (C=O) groups is 3. The van der Waals surface area contributed by atoms with Crippen LogP contribution in [-0.4, -0.2) is 28.9 Å². The summed E-state index contributed by atoms with van der Waals surface area (Å²) in [7, 11) is 0. The zero-order valence-electron chi connectivity index (χ0n) is 13.5. The molecule has 0 fully saturated rings. The SMILES string of the molecule is CC(=O)N/C(=C\c1ccccc1)C(=O)N[C@@H](CC(C)C)C(=O)O. The van der Waals surface area contributed by atoms with Gasteiger partial charge in [-0.1, -0.05) is 44.2 Å². The Hall–Kier alpha value is -2.63. The molecule has 6 nitrogen and oxygen atoms in total. The summed E-state index contributed by atoms with van der Waals surface area (Å²) in [6.07, 6.45) is 1.81. The van der Waals surface area contributed by atoms with Crippen LogP contribution < -0.4 is 10.6 Å². The molecule has 23 heavy (non-hydrogen) atoms. The van der Waals surface area contributed by atoms with E-state index in [0.717, 1.165) is 5.56 Å². The van der Waals surface area contributed by atoms with Crippen molar-refractivity contribution in [2.75, 3.05) is 0 Å². The minimum Gasteiger partial charge on any atom is -0.480 e. The minimum atomic E-state index is -1.10. The molecule has 1 aromatic carbocycles. The lowest BCUT2D eigenvalue weighted by Crippen LogP contribution is -2.44. The standard InChI is InChI=1S/C17H22N2O4/c1-11(2)9-15(17(22)23)19-16(21)14(18-12(3)20)10-13-7-5-4-6-8-13/h4-8,10-11,15H,9H2,1-3H3,(H,18,20)(H,19,21)(H,22,23)/b14-10-/t15-/m0/s1. The van der Waals surface area contributed by atoms with Gasteiger partial charge in [-0.25, -0.2) is 4.79 Å². The maximum absolute atomic E-state index is 12.3. The van der Waals surface area contributed by atoms with Crippen LogP contribution in [0, 0.1) is 5.92 Å². The first-order valence-electron chi connectivity index (χ1n) is 7.37. The van der Waals surface area contributed by atoms with Gasteiger partial charge < -0.3 is 15.7 Å². The van der Waals surface area contributed by atoms with Gasteiger partial charge >= 0.3 is 5.97 Å². The van der Waals surface area contributed by atoms with E-state index in [1.54, 1.807) is 24.3 Å². The molecule has 0 aliphatic rings. The number of nitrogens with one attached hydrogen (secondary N) is 2. The van der Waals surface area contributed by atoms with Crippen LogP contribution in [0.4, 0.5) is 0 Å². The number of benzene rings is 1. The van der Waals surface area contributed by atoms with Gasteiger partial charge in [0.2, 0.25) is 5.91 Å². The number of rotatable bonds is 7. The van der Waals surface area contributed by atoms with Gasteiger partial charge in [0.05, 0.1) is 0 Å². The summed E-state index contributed by atoms with van der Waals surface area (Å²) in [5.41, 5.74) is 0.737. The van der Waals surface area contributed by atoms with E-state index in [-0.39, 0.29) is 11.6 Å². The first-order chi connectivity index (χ1) is 10.8. The largest absolute Gasteiger partial charge is 0.480 e. The number of amides is 2. The van der Waals surface area contributed by atoms with Crippen molar-refractivity contribution in [1.82, 2.24) is 10.6 Å². The molecule has 0 spiro atoms. The van der Waals surface area contributed by atoms with Crippen molar-refractivity contribution in [1.29, 1.82) is 0 Å². The van der Waals surface area contributed by atoms with E-state index in [9.17, 15) is 19.5 Å². The minimum absolute atomic E-state index is 0.0127. The third-order valence-electron chi connectivity index (χ3n) is 2.98. The van der Waals surface area contributed by atoms with Crippen molar-refractivity contribution in [2.45, 2.75) is 33.2 Å². The van der Waals surface area contributed by atoms with E-state index >= 15 is 0 Å². The molecular weight excluding hydrogens is 296 g/mol. The predicted molar refractivity (Wildman–Crippen MR) is 87.3 cm³/mol. The molecular formula is C17H22N2O4. The van der Waals surface area contributed by atoms with Crippen LogP contribution in [0.1, 0.15) is 32.8 Å². The van der Waals surface area contributed by atoms with Crippen molar-refractivity contribution in [3.63, 3.8) is 0 Å². The molecule has 124 valence electrons. The quantitative estimate of drug-likeness (QED) is 0.668. The Labute approximate surface area is 135 Å². The molecule has 0 heterocycles. The van der Waals surface area contributed by atoms with E-state index in [2.05, 4.69) is 10.6 Å². The van der Waals surface area contributed by atoms with Crippen LogP contribution in [0.2, 0.25) is 0 Å². The first-order valence-corrected chi connectivity index (χ1v) is 7.37. The van der Waals surface area contributed by atoms with Gasteiger partial charge in [0.1, 0.15) is 11.7 Å². The fourth-order valence-electron chi connectivity index (χ4n) is 1.99. The Bertz CT molecular complexity index is 594. The smallest absolute Gasteiger partial charge is 0.326 e. The number of carboxylic acids is 1. The molecule has 6 heteroatoms. The summed E-state index contributed by atoms with van der Waals surface area (Å²) >= 11 is 0. The maximum Gasteiger partial charge on any atom is 0.326 e. The third kappa shape index (κ3) is 6.78. The maximum atomic E-state index is 12.3. The van der Waals surface area contributed by atoms with Gasteiger partial charge in [0.15, 0.2) is 0 Å². The Morgan fingerprint density at radius 1 is 1.17 bits per heavy atom. The Morgan fingerprint density at radius 2 is 1.78 bits per heavy atom. The lowest BCUT2D eigenvalue weighted by Gasteiger charge is -2.17. The molecule has 0 saturated heterocycles. The summed E-state index contributed by atoms with van der Waals surface area (Å²) in [6, 6.07) is 7.98. The summed E-state index contributed by atoms with van der Waals surface area (Å²) in [5.74, 6) is -2.03. The Morgan fingerprint density at radius 3 is 2.26 bits per heavy atom. The van der Waals surface area contributed by atoms with Crippen LogP contribution in [0.5, 0.6) is 0 Å². The second kappa shape index (κ2) is 8.73. The van der Waals surface area contributed by atoms with Crippen LogP contribution in [0.3, 0.4) is 0 Å². The topological polar surface area (TPSA) is 95.5 Å². The molecule has 0 aromatic heterocycles. The number of hydrogen-bond acceptors (Lipinski definition) is 3. The van der Waals surface area contributed by atoms with Gasteiger partial charge in [-0.2, -0.15) is 0 Å². The van der Waals surface area contributed by atoms with E-state index in [1.165, 1.54) is 13.0 Å². The third-order valence-corrected chi connectivity index (χ3v) is 2.98. The molecule has 0 bridgehead atoms. The summed E-state index contributed by atoms with van der Waals surface area (Å²) in [5, 5.41) is 14.1. The number of hydrogen-bond donors (Lipinski definition) is 3. The second-order valence-corrected chi connectivity index (χ2v) is 5.64. The van der Waals surface area contributed by atoms with E-state index in [4.69, 9.17) is 0 Å². The highest BCUT2D eigenvalue weighted by atomic mass is 16.4. The van der Waals surface area contributed by atoms with Crippen molar-refractivity contribution in [3.8, 4) is 0 Å². The average molecular weight is 318 g/mol. The molecule has 1 atom stereocenters. The molecule has 0 unspecified atom stereocenters. The molecule has 2 amide bonds. The molecule has 0 radical (unpaired) electrons. The van der Waals surface area contributed by atoms with Crippen LogP contribution >= 0.6 is 0 Å². The number of aliphatic carboxylic acids is 1. The van der Waals surface area contributed by atoms with Crippen LogP contribution in [-0.2, 0) is 14.4 Å². The number of carbonyl (C=O) groups excluding carboxylic acids is 2. The Kier molecular flexibility index (Phi) is 6.99. The monoisotopic (exact) mass is 318 g/mol. The van der Waals surface area contributed by atoms with Crippen molar-refractivity contribution < 1.29 is 19.5 Å². The highest BCUT2D eigenvalue weighted by Gasteiger charge is 2.23. The van der Waals surface area contributed by atoms with E-state index in [0.29, 0.717) is 6.42 Å². The predicted octanol–water partition coefficient (Wildman–Crippen LogP) is 1.78. The molecule has 3 N–H and O–H groups in total. The van der Waals surface area contributed by atoms with E-state index < -0.39 is 23.8 Å². The van der Waals surface area contributed by atoms with Crippen molar-refractivity contribution in [3.05, 3.63) is 41.6 Å². The van der Waals surface area contributed by atoms with Gasteiger partial charge in [0, 0.05) is 6.92 Å². The summed E-state index contributed by atoms with van der Waals surface area (Å²) in [6.45, 7) is 5.03. The van der Waals surface area contributed by atoms with Crippen molar-refractivity contribution >= 4 is 23.9 Å². The highest BCUT2D eigenvalue weighted by molar-refractivity contribution is 6.02. The normalized spacial score (nSPS) is 12.6. The van der Waals surface area contributed by atoms with Crippen LogP contribution in [0.25, 0.3) is 6.08 Å². The summed E-state index contributed by atoms with van der Waals surface area (Å²) < 4.78 is 0. The molecule has 0 saturated carbocycles. The average Bonchev–Trinajstić information content (AvgIpc) is 2.45. The summed E-state index contributed by atoms with van der Waals surface area (Å²) in [4.78, 5) is 34.9. The van der Waals surface area contributed by atoms with Gasteiger partial charge in [-0.15, -0.1) is 0 Å². The highest BCUT2D eigenvalue weighted by Crippen LogP contribution is 2.08. The van der Waals surface area contributed by atoms with Gasteiger partial charge in [-0.3, -0.25) is 9.59 Å². The van der Waals surface area contributed by atoms with E-state index in [1.807, 2.05) is 19.9 Å². The van der Waals surface area contributed by atoms with Gasteiger partial charge in [0.25, 0.3) is 5.91 Å². The molecule has 1 rings (SSSR count). The first kappa shape index (κ1) is 18.4. The van der Waals surface area contributed by atoms with Crippen molar-refractivity contribution in [2.24, 2.45) is 5.92 Å². The fourth-order valence-corrected chi connectivity index (χ4v) is 1.99. The molecule has 0 aliphatic heterocycles. The van der Waals surface area contributed by atoms with Gasteiger partial charge in [-0.05, 0) is 24.0 Å². The lowest BCUT2D eigenvalue weighted by atomic mass is 10.0. The van der Waals surface area contributed by atoms with Crippen LogP contribution in [0.15, 0.2) is 36.0 Å².